The van der Waals surface area contributed by atoms with E-state index in [0.717, 1.165) is 12.8 Å². The molecule has 1 aromatic rings. The first-order valence-electron chi connectivity index (χ1n) is 5.74. The molecule has 5 heteroatoms. The summed E-state index contributed by atoms with van der Waals surface area (Å²) in [6, 6.07) is 4.05. The Morgan fingerprint density at radius 2 is 2.18 bits per heavy atom. The highest BCUT2D eigenvalue weighted by Crippen LogP contribution is 2.30. The standard InChI is InChI=1S/C12H16N4O/c1-12(9-13)4-7-16(8-5-12)11(17)10-3-6-15(2)14-10/h3,6H,4-5,7-8H2,1-2H3. The van der Waals surface area contributed by atoms with Crippen molar-refractivity contribution < 1.29 is 4.79 Å². The average molecular weight is 232 g/mol. The van der Waals surface area contributed by atoms with E-state index in [2.05, 4.69) is 11.2 Å². The van der Waals surface area contributed by atoms with Gasteiger partial charge in [-0.3, -0.25) is 9.48 Å². The third kappa shape index (κ3) is 2.31. The first-order chi connectivity index (χ1) is 8.04. The van der Waals surface area contributed by atoms with Crippen molar-refractivity contribution in [3.05, 3.63) is 18.0 Å². The van der Waals surface area contributed by atoms with Gasteiger partial charge in [0.05, 0.1) is 11.5 Å². The number of hydrogen-bond donors (Lipinski definition) is 0. The van der Waals surface area contributed by atoms with E-state index in [1.165, 1.54) is 0 Å². The van der Waals surface area contributed by atoms with Crippen LogP contribution in [-0.4, -0.2) is 33.7 Å². The lowest BCUT2D eigenvalue weighted by molar-refractivity contribution is 0.0655. The molecule has 1 aliphatic rings. The van der Waals surface area contributed by atoms with E-state index < -0.39 is 0 Å². The molecule has 2 rings (SSSR count). The molecule has 1 aliphatic heterocycles. The molecule has 0 unspecified atom stereocenters. The van der Waals surface area contributed by atoms with Gasteiger partial charge in [-0.1, -0.05) is 0 Å². The molecule has 0 bridgehead atoms. The van der Waals surface area contributed by atoms with Crippen molar-refractivity contribution >= 4 is 5.91 Å². The van der Waals surface area contributed by atoms with Gasteiger partial charge in [-0.05, 0) is 25.8 Å². The maximum absolute atomic E-state index is 12.1. The molecule has 0 spiro atoms. The highest BCUT2D eigenvalue weighted by atomic mass is 16.2. The minimum atomic E-state index is -0.277. The smallest absolute Gasteiger partial charge is 0.274 e. The van der Waals surface area contributed by atoms with Gasteiger partial charge < -0.3 is 4.90 Å². The van der Waals surface area contributed by atoms with Crippen LogP contribution in [0.15, 0.2) is 12.3 Å². The van der Waals surface area contributed by atoms with Crippen molar-refractivity contribution in [1.29, 1.82) is 5.26 Å². The van der Waals surface area contributed by atoms with Crippen molar-refractivity contribution in [3.63, 3.8) is 0 Å². The molecule has 0 radical (unpaired) electrons. The molecular formula is C12H16N4O. The maximum Gasteiger partial charge on any atom is 0.274 e. The number of piperidine rings is 1. The molecule has 1 amide bonds. The summed E-state index contributed by atoms with van der Waals surface area (Å²) >= 11 is 0. The van der Waals surface area contributed by atoms with E-state index in [9.17, 15) is 4.79 Å². The van der Waals surface area contributed by atoms with Gasteiger partial charge in [-0.25, -0.2) is 0 Å². The fraction of sp³-hybridized carbons (Fsp3) is 0.583. The highest BCUT2D eigenvalue weighted by molar-refractivity contribution is 5.92. The monoisotopic (exact) mass is 232 g/mol. The Morgan fingerprint density at radius 1 is 1.53 bits per heavy atom. The number of nitriles is 1. The Balaban J connectivity index is 2.02. The minimum Gasteiger partial charge on any atom is -0.337 e. The lowest BCUT2D eigenvalue weighted by atomic mass is 9.82. The van der Waals surface area contributed by atoms with Crippen molar-refractivity contribution in [2.24, 2.45) is 12.5 Å². The zero-order valence-corrected chi connectivity index (χ0v) is 10.2. The maximum atomic E-state index is 12.1. The van der Waals surface area contributed by atoms with Crippen LogP contribution in [0.5, 0.6) is 0 Å². The predicted octanol–water partition coefficient (Wildman–Crippen LogP) is 1.19. The van der Waals surface area contributed by atoms with E-state index in [1.54, 1.807) is 28.9 Å². The van der Waals surface area contributed by atoms with Crippen LogP contribution >= 0.6 is 0 Å². The molecule has 17 heavy (non-hydrogen) atoms. The van der Waals surface area contributed by atoms with Crippen molar-refractivity contribution in [1.82, 2.24) is 14.7 Å². The number of carbonyl (C=O) groups is 1. The van der Waals surface area contributed by atoms with E-state index in [-0.39, 0.29) is 11.3 Å². The van der Waals surface area contributed by atoms with E-state index >= 15 is 0 Å². The van der Waals surface area contributed by atoms with Crippen LogP contribution in [0, 0.1) is 16.7 Å². The summed E-state index contributed by atoms with van der Waals surface area (Å²) in [5, 5.41) is 13.1. The molecule has 5 nitrogen and oxygen atoms in total. The largest absolute Gasteiger partial charge is 0.337 e. The molecule has 0 aromatic carbocycles. The number of rotatable bonds is 1. The molecule has 2 heterocycles. The van der Waals surface area contributed by atoms with E-state index in [4.69, 9.17) is 5.26 Å². The van der Waals surface area contributed by atoms with Crippen molar-refractivity contribution in [2.45, 2.75) is 19.8 Å². The molecule has 0 atom stereocenters. The second-order valence-electron chi connectivity index (χ2n) is 4.84. The lowest BCUT2D eigenvalue weighted by Gasteiger charge is -2.34. The van der Waals surface area contributed by atoms with Crippen LogP contribution in [0.25, 0.3) is 0 Å². The van der Waals surface area contributed by atoms with Gasteiger partial charge in [-0.15, -0.1) is 0 Å². The zero-order valence-electron chi connectivity index (χ0n) is 10.2. The molecule has 0 aliphatic carbocycles. The molecule has 90 valence electrons. The Morgan fingerprint density at radius 3 is 2.65 bits per heavy atom. The molecule has 1 saturated heterocycles. The first-order valence-corrected chi connectivity index (χ1v) is 5.74. The minimum absolute atomic E-state index is 0.0365. The number of carbonyl (C=O) groups excluding carboxylic acids is 1. The second kappa shape index (κ2) is 4.21. The quantitative estimate of drug-likeness (QED) is 0.730. The normalized spacial score (nSPS) is 18.8. The van der Waals surface area contributed by atoms with Gasteiger partial charge in [0.2, 0.25) is 0 Å². The Bertz CT molecular complexity index is 463. The number of likely N-dealkylation sites (tertiary alicyclic amines) is 1. The van der Waals surface area contributed by atoms with Crippen LogP contribution in [0.3, 0.4) is 0 Å². The van der Waals surface area contributed by atoms with Crippen molar-refractivity contribution in [2.75, 3.05) is 13.1 Å². The second-order valence-corrected chi connectivity index (χ2v) is 4.84. The number of aryl methyl sites for hydroxylation is 1. The summed E-state index contributed by atoms with van der Waals surface area (Å²) in [5.74, 6) is -0.0365. The highest BCUT2D eigenvalue weighted by Gasteiger charge is 2.32. The average Bonchev–Trinajstić information content (AvgIpc) is 2.76. The number of hydrogen-bond acceptors (Lipinski definition) is 3. The number of amides is 1. The van der Waals surface area contributed by atoms with Crippen LogP contribution in [0.1, 0.15) is 30.3 Å². The fourth-order valence-electron chi connectivity index (χ4n) is 2.01. The van der Waals surface area contributed by atoms with Crippen molar-refractivity contribution in [3.8, 4) is 6.07 Å². The fourth-order valence-corrected chi connectivity index (χ4v) is 2.01. The van der Waals surface area contributed by atoms with Crippen LogP contribution in [-0.2, 0) is 7.05 Å². The summed E-state index contributed by atoms with van der Waals surface area (Å²) < 4.78 is 1.62. The van der Waals surface area contributed by atoms with Crippen LogP contribution < -0.4 is 0 Å². The zero-order chi connectivity index (χ0) is 12.5. The first kappa shape index (κ1) is 11.6. The van der Waals surface area contributed by atoms with Crippen LogP contribution in [0.4, 0.5) is 0 Å². The summed E-state index contributed by atoms with van der Waals surface area (Å²) in [7, 11) is 1.79. The van der Waals surface area contributed by atoms with E-state index in [0.29, 0.717) is 18.8 Å². The molecule has 0 saturated carbocycles. The third-order valence-corrected chi connectivity index (χ3v) is 3.36. The third-order valence-electron chi connectivity index (χ3n) is 3.36. The van der Waals surface area contributed by atoms with Crippen LogP contribution in [0.2, 0.25) is 0 Å². The van der Waals surface area contributed by atoms with E-state index in [1.807, 2.05) is 6.92 Å². The van der Waals surface area contributed by atoms with Gasteiger partial charge in [0.15, 0.2) is 0 Å². The Hall–Kier alpha value is -1.83. The van der Waals surface area contributed by atoms with Gasteiger partial charge in [0.1, 0.15) is 5.69 Å². The number of nitrogens with zero attached hydrogens (tertiary/aromatic N) is 4. The Kier molecular flexibility index (Phi) is 2.88. The summed E-state index contributed by atoms with van der Waals surface area (Å²) in [5.41, 5.74) is 0.203. The summed E-state index contributed by atoms with van der Waals surface area (Å²) in [4.78, 5) is 13.9. The molecular weight excluding hydrogens is 216 g/mol. The lowest BCUT2D eigenvalue weighted by Crippen LogP contribution is -2.41. The summed E-state index contributed by atoms with van der Waals surface area (Å²) in [6.07, 6.45) is 3.24. The number of aromatic nitrogens is 2. The van der Waals surface area contributed by atoms with Gasteiger partial charge in [0, 0.05) is 26.3 Å². The summed E-state index contributed by atoms with van der Waals surface area (Å²) in [6.45, 7) is 3.23. The predicted molar refractivity (Wildman–Crippen MR) is 62.1 cm³/mol. The Labute approximate surface area is 101 Å². The molecule has 0 N–H and O–H groups in total. The SMILES string of the molecule is Cn1ccc(C(=O)N2CCC(C)(C#N)CC2)n1. The topological polar surface area (TPSA) is 61.9 Å². The van der Waals surface area contributed by atoms with Gasteiger partial charge >= 0.3 is 0 Å². The van der Waals surface area contributed by atoms with Gasteiger partial charge in [0.25, 0.3) is 5.91 Å². The molecule has 1 fully saturated rings. The van der Waals surface area contributed by atoms with Gasteiger partial charge in [-0.2, -0.15) is 10.4 Å². The molecule has 1 aromatic heterocycles.